The summed E-state index contributed by atoms with van der Waals surface area (Å²) in [4.78, 5) is 8.57. The molecule has 1 unspecified atom stereocenters. The van der Waals surface area contributed by atoms with E-state index in [1.54, 1.807) is 7.11 Å². The highest BCUT2D eigenvalue weighted by Gasteiger charge is 2.26. The highest BCUT2D eigenvalue weighted by molar-refractivity contribution is 6.31. The second-order valence-corrected chi connectivity index (χ2v) is 9.13. The molecule has 2 aliphatic rings. The molecule has 2 N–H and O–H groups in total. The van der Waals surface area contributed by atoms with Crippen molar-refractivity contribution >= 4 is 28.2 Å². The number of nitrogens with zero attached hydrogens (tertiary/aromatic N) is 2. The van der Waals surface area contributed by atoms with Gasteiger partial charge in [-0.1, -0.05) is 11.6 Å². The van der Waals surface area contributed by atoms with Gasteiger partial charge in [-0.25, -0.2) is 0 Å². The van der Waals surface area contributed by atoms with Gasteiger partial charge in [0, 0.05) is 65.0 Å². The van der Waals surface area contributed by atoms with E-state index in [2.05, 4.69) is 52.4 Å². The van der Waals surface area contributed by atoms with E-state index in [9.17, 15) is 0 Å². The van der Waals surface area contributed by atoms with E-state index < -0.39 is 0 Å². The standard InChI is InChI=1S/C24H29ClN4O/c1-28(2)17-7-9-29(14-17)13-15-10-22-20(12-23(15)30-3)18-6-8-26-21-11-16(25)4-5-19(21)24(18)27-22/h4-5,10-12,17,26-27H,6-9,13-14H2,1-3H3. The summed E-state index contributed by atoms with van der Waals surface area (Å²) in [6, 6.07) is 11.2. The number of aromatic amines is 1. The number of benzene rings is 2. The number of rotatable bonds is 4. The molecule has 6 heteroatoms. The van der Waals surface area contributed by atoms with Gasteiger partial charge in [0.15, 0.2) is 0 Å². The molecule has 2 aliphatic heterocycles. The van der Waals surface area contributed by atoms with Crippen molar-refractivity contribution in [3.63, 3.8) is 0 Å². The van der Waals surface area contributed by atoms with Crippen molar-refractivity contribution in [2.75, 3.05) is 46.2 Å². The number of likely N-dealkylation sites (N-methyl/N-ethyl adjacent to an activating group) is 1. The normalized spacial score (nSPS) is 18.9. The van der Waals surface area contributed by atoms with Gasteiger partial charge in [-0.2, -0.15) is 0 Å². The van der Waals surface area contributed by atoms with Crippen LogP contribution in [0.3, 0.4) is 0 Å². The van der Waals surface area contributed by atoms with Crippen LogP contribution in [0.5, 0.6) is 5.75 Å². The summed E-state index contributed by atoms with van der Waals surface area (Å²) in [5.74, 6) is 0.978. The van der Waals surface area contributed by atoms with Gasteiger partial charge >= 0.3 is 0 Å². The maximum absolute atomic E-state index is 6.23. The zero-order valence-corrected chi connectivity index (χ0v) is 18.6. The number of anilines is 1. The first kappa shape index (κ1) is 19.7. The fraction of sp³-hybridized carbons (Fsp3) is 0.417. The Morgan fingerprint density at radius 2 is 2.10 bits per heavy atom. The van der Waals surface area contributed by atoms with Gasteiger partial charge in [0.05, 0.1) is 12.8 Å². The lowest BCUT2D eigenvalue weighted by atomic mass is 10.0. The van der Waals surface area contributed by atoms with Crippen molar-refractivity contribution < 1.29 is 4.74 Å². The molecule has 0 spiro atoms. The lowest BCUT2D eigenvalue weighted by Gasteiger charge is -2.21. The van der Waals surface area contributed by atoms with E-state index in [0.29, 0.717) is 6.04 Å². The van der Waals surface area contributed by atoms with Gasteiger partial charge in [-0.05, 0) is 62.8 Å². The van der Waals surface area contributed by atoms with Gasteiger partial charge < -0.3 is 19.9 Å². The number of aromatic nitrogens is 1. The SMILES string of the molecule is COc1cc2c3c([nH]c2cc1CN1CCC(N(C)C)C1)-c1ccc(Cl)cc1NCC3. The van der Waals surface area contributed by atoms with E-state index >= 15 is 0 Å². The molecule has 1 saturated heterocycles. The fourth-order valence-corrected chi connectivity index (χ4v) is 5.12. The number of ether oxygens (including phenoxy) is 1. The topological polar surface area (TPSA) is 43.5 Å². The van der Waals surface area contributed by atoms with Crippen LogP contribution in [0.25, 0.3) is 22.2 Å². The van der Waals surface area contributed by atoms with Gasteiger partial charge in [0.2, 0.25) is 0 Å². The number of fused-ring (bicyclic) bond motifs is 5. The summed E-state index contributed by atoms with van der Waals surface area (Å²) in [5, 5.41) is 5.53. The van der Waals surface area contributed by atoms with Crippen molar-refractivity contribution in [3.8, 4) is 17.0 Å². The largest absolute Gasteiger partial charge is 0.496 e. The van der Waals surface area contributed by atoms with Crippen molar-refractivity contribution in [2.24, 2.45) is 0 Å². The molecule has 1 aromatic heterocycles. The van der Waals surface area contributed by atoms with Crippen molar-refractivity contribution in [3.05, 3.63) is 46.5 Å². The zero-order valence-electron chi connectivity index (χ0n) is 17.9. The second-order valence-electron chi connectivity index (χ2n) is 8.70. The first-order valence-corrected chi connectivity index (χ1v) is 11.1. The molecule has 0 saturated carbocycles. The second kappa shape index (κ2) is 7.80. The third-order valence-electron chi connectivity index (χ3n) is 6.62. The van der Waals surface area contributed by atoms with Crippen LogP contribution < -0.4 is 10.1 Å². The number of likely N-dealkylation sites (tertiary alicyclic amines) is 1. The minimum absolute atomic E-state index is 0.636. The Morgan fingerprint density at radius 3 is 2.87 bits per heavy atom. The number of nitrogens with one attached hydrogen (secondary N) is 2. The smallest absolute Gasteiger partial charge is 0.124 e. The molecule has 0 amide bonds. The first-order valence-electron chi connectivity index (χ1n) is 10.7. The number of methoxy groups -OCH3 is 1. The third kappa shape index (κ3) is 3.45. The molecule has 1 fully saturated rings. The molecule has 0 radical (unpaired) electrons. The van der Waals surface area contributed by atoms with Crippen LogP contribution in [0.2, 0.25) is 5.02 Å². The lowest BCUT2D eigenvalue weighted by molar-refractivity contribution is 0.262. The molecule has 0 bridgehead atoms. The molecule has 5 rings (SSSR count). The molecule has 1 atom stereocenters. The summed E-state index contributed by atoms with van der Waals surface area (Å²) < 4.78 is 5.83. The minimum Gasteiger partial charge on any atom is -0.496 e. The molecule has 3 aromatic rings. The summed E-state index contributed by atoms with van der Waals surface area (Å²) in [6.07, 6.45) is 2.18. The van der Waals surface area contributed by atoms with Crippen LogP contribution in [-0.2, 0) is 13.0 Å². The summed E-state index contributed by atoms with van der Waals surface area (Å²) in [5.41, 5.74) is 7.23. The molecule has 0 aliphatic carbocycles. The third-order valence-corrected chi connectivity index (χ3v) is 6.86. The number of hydrogen-bond acceptors (Lipinski definition) is 4. The van der Waals surface area contributed by atoms with Crippen molar-refractivity contribution in [1.82, 2.24) is 14.8 Å². The highest BCUT2D eigenvalue weighted by Crippen LogP contribution is 2.40. The molecule has 2 aromatic carbocycles. The quantitative estimate of drug-likeness (QED) is 0.642. The van der Waals surface area contributed by atoms with E-state index in [-0.39, 0.29) is 0 Å². The van der Waals surface area contributed by atoms with Gasteiger partial charge in [-0.3, -0.25) is 4.90 Å². The van der Waals surface area contributed by atoms with Crippen LogP contribution in [0.4, 0.5) is 5.69 Å². The van der Waals surface area contributed by atoms with Crippen LogP contribution in [-0.4, -0.2) is 61.7 Å². The molecule has 5 nitrogen and oxygen atoms in total. The van der Waals surface area contributed by atoms with Crippen LogP contribution in [0.15, 0.2) is 30.3 Å². The van der Waals surface area contributed by atoms with Crippen LogP contribution in [0.1, 0.15) is 17.5 Å². The lowest BCUT2D eigenvalue weighted by Crippen LogP contribution is -2.31. The van der Waals surface area contributed by atoms with Gasteiger partial charge in [0.25, 0.3) is 0 Å². The fourth-order valence-electron chi connectivity index (χ4n) is 4.95. The maximum atomic E-state index is 6.23. The molecular formula is C24H29ClN4O. The van der Waals surface area contributed by atoms with E-state index in [1.807, 2.05) is 12.1 Å². The average Bonchev–Trinajstić information content (AvgIpc) is 3.28. The Morgan fingerprint density at radius 1 is 1.23 bits per heavy atom. The first-order chi connectivity index (χ1) is 14.5. The van der Waals surface area contributed by atoms with Gasteiger partial charge in [-0.15, -0.1) is 0 Å². The molecule has 158 valence electrons. The Labute approximate surface area is 183 Å². The number of H-pyrrole nitrogens is 1. The van der Waals surface area contributed by atoms with Crippen LogP contribution in [0, 0.1) is 0 Å². The van der Waals surface area contributed by atoms with Crippen molar-refractivity contribution in [1.29, 1.82) is 0 Å². The average molecular weight is 425 g/mol. The van der Waals surface area contributed by atoms with E-state index in [1.165, 1.54) is 39.7 Å². The summed E-state index contributed by atoms with van der Waals surface area (Å²) >= 11 is 6.23. The zero-order chi connectivity index (χ0) is 20.8. The highest BCUT2D eigenvalue weighted by atomic mass is 35.5. The summed E-state index contributed by atoms with van der Waals surface area (Å²) in [7, 11) is 6.13. The Kier molecular flexibility index (Phi) is 5.13. The predicted octanol–water partition coefficient (Wildman–Crippen LogP) is 4.60. The molecular weight excluding hydrogens is 396 g/mol. The Balaban J connectivity index is 1.54. The number of hydrogen-bond donors (Lipinski definition) is 2. The Bertz CT molecular complexity index is 1090. The van der Waals surface area contributed by atoms with E-state index in [0.717, 1.165) is 49.1 Å². The monoisotopic (exact) mass is 424 g/mol. The van der Waals surface area contributed by atoms with Crippen LogP contribution >= 0.6 is 11.6 Å². The molecule has 30 heavy (non-hydrogen) atoms. The maximum Gasteiger partial charge on any atom is 0.124 e. The predicted molar refractivity (Wildman–Crippen MR) is 125 cm³/mol. The minimum atomic E-state index is 0.636. The number of halogens is 1. The molecule has 3 heterocycles. The van der Waals surface area contributed by atoms with Gasteiger partial charge in [0.1, 0.15) is 5.75 Å². The van der Waals surface area contributed by atoms with Crippen molar-refractivity contribution in [2.45, 2.75) is 25.4 Å². The van der Waals surface area contributed by atoms with E-state index in [4.69, 9.17) is 16.3 Å². The Hall–Kier alpha value is -2.21. The summed E-state index contributed by atoms with van der Waals surface area (Å²) in [6.45, 7) is 4.04.